The van der Waals surface area contributed by atoms with Crippen LogP contribution in [-0.2, 0) is 6.18 Å². The molecule has 0 saturated carbocycles. The Hall–Kier alpha value is -2.35. The van der Waals surface area contributed by atoms with E-state index in [0.717, 1.165) is 25.1 Å². The molecule has 1 aromatic heterocycles. The summed E-state index contributed by atoms with van der Waals surface area (Å²) < 4.78 is 39.8. The topological polar surface area (TPSA) is 50.2 Å². The second-order valence-electron chi connectivity index (χ2n) is 6.16. The monoisotopic (exact) mass is 352 g/mol. The van der Waals surface area contributed by atoms with Crippen LogP contribution in [0.1, 0.15) is 22.5 Å². The minimum atomic E-state index is -4.42. The third-order valence-electron chi connectivity index (χ3n) is 4.31. The molecular formula is C17H19F3N4O. The van der Waals surface area contributed by atoms with E-state index in [4.69, 9.17) is 0 Å². The number of halogens is 3. The minimum absolute atomic E-state index is 0.190. The third-order valence-corrected chi connectivity index (χ3v) is 4.31. The molecule has 1 saturated heterocycles. The number of likely N-dealkylation sites (tertiary alicyclic amines) is 1. The van der Waals surface area contributed by atoms with E-state index in [2.05, 4.69) is 10.4 Å². The summed E-state index contributed by atoms with van der Waals surface area (Å²) in [6.07, 6.45) is -1.98. The molecule has 1 aliphatic heterocycles. The van der Waals surface area contributed by atoms with E-state index >= 15 is 0 Å². The molecule has 1 aromatic carbocycles. The van der Waals surface area contributed by atoms with E-state index in [1.807, 2.05) is 7.05 Å². The SMILES string of the molecule is CNC[C@@H]1CCN(C(=O)c2ccn(-c3cccc(C(F)(F)F)c3)n2)C1. The molecule has 5 nitrogen and oxygen atoms in total. The summed E-state index contributed by atoms with van der Waals surface area (Å²) in [5.41, 5.74) is -0.242. The Bertz CT molecular complexity index is 756. The van der Waals surface area contributed by atoms with E-state index < -0.39 is 11.7 Å². The zero-order valence-electron chi connectivity index (χ0n) is 13.8. The molecule has 1 amide bonds. The van der Waals surface area contributed by atoms with Crippen molar-refractivity contribution < 1.29 is 18.0 Å². The number of alkyl halides is 3. The fraction of sp³-hybridized carbons (Fsp3) is 0.412. The van der Waals surface area contributed by atoms with Crippen molar-refractivity contribution in [3.8, 4) is 5.69 Å². The lowest BCUT2D eigenvalue weighted by atomic mass is 10.1. The van der Waals surface area contributed by atoms with Gasteiger partial charge in [0.2, 0.25) is 0 Å². The predicted octanol–water partition coefficient (Wildman–Crippen LogP) is 2.57. The highest BCUT2D eigenvalue weighted by Gasteiger charge is 2.31. The van der Waals surface area contributed by atoms with Crippen molar-refractivity contribution >= 4 is 5.91 Å². The average Bonchev–Trinajstić information content (AvgIpc) is 3.23. The molecule has 1 N–H and O–H groups in total. The van der Waals surface area contributed by atoms with Gasteiger partial charge in [-0.3, -0.25) is 4.79 Å². The summed E-state index contributed by atoms with van der Waals surface area (Å²) in [4.78, 5) is 14.3. The minimum Gasteiger partial charge on any atom is -0.337 e. The van der Waals surface area contributed by atoms with Gasteiger partial charge in [0.25, 0.3) is 5.91 Å². The molecule has 0 spiro atoms. The quantitative estimate of drug-likeness (QED) is 0.920. The normalized spacial score (nSPS) is 17.9. The molecule has 2 aromatic rings. The van der Waals surface area contributed by atoms with E-state index in [1.165, 1.54) is 29.1 Å². The summed E-state index contributed by atoms with van der Waals surface area (Å²) >= 11 is 0. The van der Waals surface area contributed by atoms with Gasteiger partial charge in [-0.05, 0) is 50.2 Å². The maximum atomic E-state index is 12.8. The Labute approximate surface area is 143 Å². The second kappa shape index (κ2) is 6.87. The number of amides is 1. The van der Waals surface area contributed by atoms with Crippen molar-refractivity contribution in [1.82, 2.24) is 20.0 Å². The van der Waals surface area contributed by atoms with Crippen molar-refractivity contribution in [2.45, 2.75) is 12.6 Å². The lowest BCUT2D eigenvalue weighted by Gasteiger charge is -2.15. The molecule has 0 unspecified atom stereocenters. The number of nitrogens with zero attached hydrogens (tertiary/aromatic N) is 3. The second-order valence-corrected chi connectivity index (χ2v) is 6.16. The summed E-state index contributed by atoms with van der Waals surface area (Å²) in [5, 5.41) is 7.26. The van der Waals surface area contributed by atoms with Crippen molar-refractivity contribution in [3.63, 3.8) is 0 Å². The van der Waals surface area contributed by atoms with E-state index in [-0.39, 0.29) is 17.3 Å². The standard InChI is InChI=1S/C17H19F3N4O/c1-21-10-12-5-7-23(11-12)16(25)15-6-8-24(22-15)14-4-2-3-13(9-14)17(18,19)20/h2-4,6,8-9,12,21H,5,7,10-11H2,1H3/t12-/m0/s1. The van der Waals surface area contributed by atoms with Gasteiger partial charge in [-0.15, -0.1) is 0 Å². The van der Waals surface area contributed by atoms with Crippen LogP contribution in [0.15, 0.2) is 36.5 Å². The van der Waals surface area contributed by atoms with E-state index in [1.54, 1.807) is 4.90 Å². The Morgan fingerprint density at radius 3 is 2.88 bits per heavy atom. The molecule has 8 heteroatoms. The number of rotatable bonds is 4. The Balaban J connectivity index is 1.76. The first-order valence-electron chi connectivity index (χ1n) is 8.05. The number of carbonyl (C=O) groups is 1. The van der Waals surface area contributed by atoms with Gasteiger partial charge >= 0.3 is 6.18 Å². The van der Waals surface area contributed by atoms with Gasteiger partial charge in [0.15, 0.2) is 5.69 Å². The van der Waals surface area contributed by atoms with Gasteiger partial charge in [0.05, 0.1) is 11.3 Å². The van der Waals surface area contributed by atoms with Gasteiger partial charge in [0, 0.05) is 19.3 Å². The molecule has 0 radical (unpaired) electrons. The van der Waals surface area contributed by atoms with Gasteiger partial charge in [-0.1, -0.05) is 6.07 Å². The van der Waals surface area contributed by atoms with Crippen LogP contribution in [0.5, 0.6) is 0 Å². The maximum Gasteiger partial charge on any atom is 0.416 e. The highest BCUT2D eigenvalue weighted by Crippen LogP contribution is 2.30. The molecule has 134 valence electrons. The molecular weight excluding hydrogens is 333 g/mol. The van der Waals surface area contributed by atoms with Gasteiger partial charge in [-0.2, -0.15) is 18.3 Å². The fourth-order valence-electron chi connectivity index (χ4n) is 3.04. The summed E-state index contributed by atoms with van der Waals surface area (Å²) in [5.74, 6) is 0.226. The molecule has 2 heterocycles. The lowest BCUT2D eigenvalue weighted by Crippen LogP contribution is -2.30. The van der Waals surface area contributed by atoms with Crippen LogP contribution in [0.4, 0.5) is 13.2 Å². The summed E-state index contributed by atoms with van der Waals surface area (Å²) in [7, 11) is 1.88. The maximum absolute atomic E-state index is 12.8. The average molecular weight is 352 g/mol. The smallest absolute Gasteiger partial charge is 0.337 e. The number of benzene rings is 1. The predicted molar refractivity (Wildman–Crippen MR) is 86.5 cm³/mol. The highest BCUT2D eigenvalue weighted by atomic mass is 19.4. The Morgan fingerprint density at radius 1 is 1.36 bits per heavy atom. The van der Waals surface area contributed by atoms with E-state index in [9.17, 15) is 18.0 Å². The number of carbonyl (C=O) groups excluding carboxylic acids is 1. The van der Waals surface area contributed by atoms with Gasteiger partial charge in [-0.25, -0.2) is 4.68 Å². The molecule has 1 atom stereocenters. The molecule has 0 aliphatic carbocycles. The first-order valence-corrected chi connectivity index (χ1v) is 8.05. The van der Waals surface area contributed by atoms with Crippen molar-refractivity contribution in [3.05, 3.63) is 47.8 Å². The van der Waals surface area contributed by atoms with Crippen LogP contribution in [0.2, 0.25) is 0 Å². The number of hydrogen-bond acceptors (Lipinski definition) is 3. The third kappa shape index (κ3) is 3.84. The molecule has 3 rings (SSSR count). The van der Waals surface area contributed by atoms with Crippen LogP contribution in [0.25, 0.3) is 5.69 Å². The first-order chi connectivity index (χ1) is 11.9. The van der Waals surface area contributed by atoms with Crippen LogP contribution >= 0.6 is 0 Å². The summed E-state index contributed by atoms with van der Waals surface area (Å²) in [6, 6.07) is 6.40. The molecule has 1 aliphatic rings. The number of nitrogens with one attached hydrogen (secondary N) is 1. The van der Waals surface area contributed by atoms with Crippen LogP contribution in [-0.4, -0.2) is 47.3 Å². The zero-order valence-corrected chi connectivity index (χ0v) is 13.8. The van der Waals surface area contributed by atoms with Crippen molar-refractivity contribution in [2.75, 3.05) is 26.7 Å². The summed E-state index contributed by atoms with van der Waals surface area (Å²) in [6.45, 7) is 2.18. The van der Waals surface area contributed by atoms with Gasteiger partial charge < -0.3 is 10.2 Å². The molecule has 1 fully saturated rings. The Morgan fingerprint density at radius 2 is 2.16 bits per heavy atom. The van der Waals surface area contributed by atoms with Gasteiger partial charge in [0.1, 0.15) is 0 Å². The highest BCUT2D eigenvalue weighted by molar-refractivity contribution is 5.92. The fourth-order valence-corrected chi connectivity index (χ4v) is 3.04. The largest absolute Gasteiger partial charge is 0.416 e. The van der Waals surface area contributed by atoms with E-state index in [0.29, 0.717) is 19.0 Å². The lowest BCUT2D eigenvalue weighted by molar-refractivity contribution is -0.137. The van der Waals surface area contributed by atoms with Crippen molar-refractivity contribution in [1.29, 1.82) is 0 Å². The van der Waals surface area contributed by atoms with Crippen molar-refractivity contribution in [2.24, 2.45) is 5.92 Å². The van der Waals surface area contributed by atoms with Crippen LogP contribution in [0.3, 0.4) is 0 Å². The zero-order chi connectivity index (χ0) is 18.0. The molecule has 25 heavy (non-hydrogen) atoms. The number of hydrogen-bond donors (Lipinski definition) is 1. The first kappa shape index (κ1) is 17.5. The number of aromatic nitrogens is 2. The van der Waals surface area contributed by atoms with Crippen LogP contribution < -0.4 is 5.32 Å². The van der Waals surface area contributed by atoms with Crippen LogP contribution in [0, 0.1) is 5.92 Å². The Kier molecular flexibility index (Phi) is 4.80. The molecule has 0 bridgehead atoms.